The second kappa shape index (κ2) is 11.6. The van der Waals surface area contributed by atoms with Crippen molar-refractivity contribution < 1.29 is 19.3 Å². The Hall–Kier alpha value is -1.34. The van der Waals surface area contributed by atoms with E-state index in [1.807, 2.05) is 58.0 Å². The normalized spacial score (nSPS) is 13.0. The van der Waals surface area contributed by atoms with Crippen LogP contribution in [0.4, 0.5) is 4.79 Å². The van der Waals surface area contributed by atoms with Gasteiger partial charge >= 0.3 is 5.97 Å². The van der Waals surface area contributed by atoms with Gasteiger partial charge in [0.05, 0.1) is 0 Å². The molecule has 0 saturated heterocycles. The molecule has 1 amide bonds. The molecule has 0 aliphatic heterocycles. The first kappa shape index (κ1) is 24.7. The monoisotopic (exact) mass is 429 g/mol. The van der Waals surface area contributed by atoms with Crippen LogP contribution < -0.4 is 10.2 Å². The third-order valence-corrected chi connectivity index (χ3v) is 7.30. The molecule has 158 valence electrons. The summed E-state index contributed by atoms with van der Waals surface area (Å²) in [6, 6.07) is 8.27. The lowest BCUT2D eigenvalue weighted by atomic mass is 10.2. The van der Waals surface area contributed by atoms with Gasteiger partial charge in [-0.3, -0.25) is 19.5 Å². The van der Waals surface area contributed by atoms with Crippen molar-refractivity contribution in [3.8, 4) is 0 Å². The van der Waals surface area contributed by atoms with Crippen LogP contribution in [0.2, 0.25) is 0 Å². The molecule has 0 spiro atoms. The second-order valence-electron chi connectivity index (χ2n) is 7.22. The van der Waals surface area contributed by atoms with Crippen LogP contribution in [0, 0.1) is 0 Å². The summed E-state index contributed by atoms with van der Waals surface area (Å²) in [5.74, 6) is -0.678. The largest absolute Gasteiger partial charge is 0.480 e. The van der Waals surface area contributed by atoms with E-state index in [4.69, 9.17) is 0 Å². The average molecular weight is 430 g/mol. The molecule has 1 rings (SSSR count). The fourth-order valence-electron chi connectivity index (χ4n) is 2.78. The van der Waals surface area contributed by atoms with Crippen LogP contribution >= 0.6 is 19.2 Å². The van der Waals surface area contributed by atoms with E-state index < -0.39 is 24.7 Å². The number of rotatable bonds is 11. The van der Waals surface area contributed by atoms with Gasteiger partial charge in [0.1, 0.15) is 12.3 Å². The first-order valence-electron chi connectivity index (χ1n) is 9.42. The molecule has 0 bridgehead atoms. The minimum Gasteiger partial charge on any atom is -0.480 e. The van der Waals surface area contributed by atoms with Crippen molar-refractivity contribution in [2.24, 2.45) is 0 Å². The first-order valence-corrected chi connectivity index (χ1v) is 12.3. The van der Waals surface area contributed by atoms with Crippen molar-refractivity contribution >= 4 is 30.4 Å². The van der Waals surface area contributed by atoms with E-state index >= 15 is 0 Å². The molecular formula is C19H32N3O4PS. The van der Waals surface area contributed by atoms with Crippen LogP contribution in [-0.2, 0) is 15.1 Å². The molecule has 0 radical (unpaired) electrons. The predicted octanol–water partition coefficient (Wildman–Crippen LogP) is 4.35. The Labute approximate surface area is 172 Å². The molecule has 1 aromatic carbocycles. The maximum Gasteiger partial charge on any atom is 0.326 e. The molecular weight excluding hydrogens is 397 g/mol. The third kappa shape index (κ3) is 8.35. The Morgan fingerprint density at radius 2 is 1.64 bits per heavy atom. The Kier molecular flexibility index (Phi) is 10.2. The first-order chi connectivity index (χ1) is 13.1. The number of carbonyl (C=O) groups is 2. The van der Waals surface area contributed by atoms with Crippen LogP contribution in [0.5, 0.6) is 0 Å². The third-order valence-electron chi connectivity index (χ3n) is 3.77. The van der Waals surface area contributed by atoms with Gasteiger partial charge in [-0.2, -0.15) is 0 Å². The predicted molar refractivity (Wildman–Crippen MR) is 116 cm³/mol. The molecule has 0 fully saturated rings. The summed E-state index contributed by atoms with van der Waals surface area (Å²) in [5.41, 5.74) is 0.966. The van der Waals surface area contributed by atoms with Crippen LogP contribution in [0.25, 0.3) is 0 Å². The number of thioether (sulfide) groups is 1. The van der Waals surface area contributed by atoms with Gasteiger partial charge in [0.15, 0.2) is 0 Å². The highest BCUT2D eigenvalue weighted by molar-refractivity contribution is 8.12. The van der Waals surface area contributed by atoms with Gasteiger partial charge in [0.2, 0.25) is 7.44 Å². The lowest BCUT2D eigenvalue weighted by Crippen LogP contribution is -2.47. The SMILES string of the molecule is CCC(C(=O)O)N(CP(=O)(NC(C)C)NC(C)C)C(=O)SCc1ccccc1. The van der Waals surface area contributed by atoms with Crippen molar-refractivity contribution in [3.05, 3.63) is 35.9 Å². The van der Waals surface area contributed by atoms with Gasteiger partial charge in [-0.15, -0.1) is 0 Å². The minimum atomic E-state index is -3.22. The number of carboxylic acids is 1. The summed E-state index contributed by atoms with van der Waals surface area (Å²) in [7, 11) is -3.22. The van der Waals surface area contributed by atoms with Crippen molar-refractivity contribution in [2.75, 3.05) is 6.29 Å². The Balaban J connectivity index is 3.06. The van der Waals surface area contributed by atoms with E-state index in [1.54, 1.807) is 6.92 Å². The Bertz CT molecular complexity index is 671. The van der Waals surface area contributed by atoms with E-state index in [2.05, 4.69) is 10.2 Å². The molecule has 0 aliphatic rings. The zero-order valence-corrected chi connectivity index (χ0v) is 18.9. The number of benzene rings is 1. The van der Waals surface area contributed by atoms with Crippen LogP contribution in [0.3, 0.4) is 0 Å². The molecule has 1 atom stereocenters. The van der Waals surface area contributed by atoms with Gasteiger partial charge in [0, 0.05) is 17.8 Å². The second-order valence-corrected chi connectivity index (χ2v) is 10.4. The van der Waals surface area contributed by atoms with Gasteiger partial charge in [-0.05, 0) is 39.7 Å². The maximum absolute atomic E-state index is 13.4. The average Bonchev–Trinajstić information content (AvgIpc) is 2.58. The van der Waals surface area contributed by atoms with E-state index in [-0.39, 0.29) is 24.8 Å². The molecule has 0 aromatic heterocycles. The highest BCUT2D eigenvalue weighted by Crippen LogP contribution is 2.40. The fourth-order valence-corrected chi connectivity index (χ4v) is 6.38. The Morgan fingerprint density at radius 3 is 2.07 bits per heavy atom. The number of nitrogens with zero attached hydrogens (tertiary/aromatic N) is 1. The smallest absolute Gasteiger partial charge is 0.326 e. The summed E-state index contributed by atoms with van der Waals surface area (Å²) in [4.78, 5) is 25.9. The molecule has 0 heterocycles. The highest BCUT2D eigenvalue weighted by Gasteiger charge is 2.35. The van der Waals surface area contributed by atoms with Crippen molar-refractivity contribution in [3.63, 3.8) is 0 Å². The summed E-state index contributed by atoms with van der Waals surface area (Å²) in [6.07, 6.45) is 0.0467. The number of carboxylic acid groups (broad SMARTS) is 1. The van der Waals surface area contributed by atoms with E-state index in [0.29, 0.717) is 5.75 Å². The molecule has 0 saturated carbocycles. The van der Waals surface area contributed by atoms with Gasteiger partial charge in [-0.1, -0.05) is 49.0 Å². The van der Waals surface area contributed by atoms with Crippen molar-refractivity contribution in [1.82, 2.24) is 15.1 Å². The van der Waals surface area contributed by atoms with Crippen LogP contribution in [0.15, 0.2) is 30.3 Å². The number of carbonyl (C=O) groups excluding carboxylic acids is 1. The van der Waals surface area contributed by atoms with Crippen LogP contribution in [-0.4, -0.2) is 45.6 Å². The standard InChI is InChI=1S/C19H32N3O4PS/c1-6-17(18(23)24)22(13-27(26,20-14(2)3)21-15(4)5)19(25)28-12-16-10-8-7-9-11-16/h7-11,14-15,17H,6,12-13H2,1-5H3,(H,23,24)(H2,20,21,26). The van der Waals surface area contributed by atoms with Crippen molar-refractivity contribution in [1.29, 1.82) is 0 Å². The van der Waals surface area contributed by atoms with Gasteiger partial charge < -0.3 is 10.0 Å². The molecule has 1 aromatic rings. The van der Waals surface area contributed by atoms with Crippen molar-refractivity contribution in [2.45, 2.75) is 64.9 Å². The number of hydrogen-bond donors (Lipinski definition) is 3. The molecule has 28 heavy (non-hydrogen) atoms. The van der Waals surface area contributed by atoms with Gasteiger partial charge in [-0.25, -0.2) is 4.79 Å². The molecule has 3 N–H and O–H groups in total. The fraction of sp³-hybridized carbons (Fsp3) is 0.579. The minimum absolute atomic E-state index is 0.0871. The summed E-state index contributed by atoms with van der Waals surface area (Å²) in [5, 5.41) is 15.2. The van der Waals surface area contributed by atoms with E-state index in [1.165, 1.54) is 4.90 Å². The Morgan fingerprint density at radius 1 is 1.11 bits per heavy atom. The zero-order valence-electron chi connectivity index (χ0n) is 17.2. The quantitative estimate of drug-likeness (QED) is 0.450. The van der Waals surface area contributed by atoms with E-state index in [0.717, 1.165) is 17.3 Å². The molecule has 9 heteroatoms. The van der Waals surface area contributed by atoms with Crippen LogP contribution in [0.1, 0.15) is 46.6 Å². The summed E-state index contributed by atoms with van der Waals surface area (Å²) < 4.78 is 13.4. The molecule has 0 aliphatic carbocycles. The van der Waals surface area contributed by atoms with Gasteiger partial charge in [0.25, 0.3) is 5.24 Å². The number of hydrogen-bond acceptors (Lipinski definition) is 4. The lowest BCUT2D eigenvalue weighted by molar-refractivity contribution is -0.141. The lowest BCUT2D eigenvalue weighted by Gasteiger charge is -2.33. The number of amides is 1. The van der Waals surface area contributed by atoms with E-state index in [9.17, 15) is 19.3 Å². The highest BCUT2D eigenvalue weighted by atomic mass is 32.2. The number of nitrogens with one attached hydrogen (secondary N) is 2. The molecule has 1 unspecified atom stereocenters. The summed E-state index contributed by atoms with van der Waals surface area (Å²) in [6.45, 7) is 9.15. The topological polar surface area (TPSA) is 98.7 Å². The molecule has 7 nitrogen and oxygen atoms in total. The number of aliphatic carboxylic acids is 1. The maximum atomic E-state index is 13.4. The zero-order chi connectivity index (χ0) is 21.3. The summed E-state index contributed by atoms with van der Waals surface area (Å²) >= 11 is 1.02.